The van der Waals surface area contributed by atoms with Crippen LogP contribution in [0.25, 0.3) is 0 Å². The van der Waals surface area contributed by atoms with Crippen LogP contribution in [0.5, 0.6) is 0 Å². The maximum absolute atomic E-state index is 12.2. The van der Waals surface area contributed by atoms with Crippen molar-refractivity contribution in [2.45, 2.75) is 5.92 Å². The van der Waals surface area contributed by atoms with Gasteiger partial charge in [0, 0.05) is 30.3 Å². The van der Waals surface area contributed by atoms with Gasteiger partial charge in [-0.3, -0.25) is 10.0 Å². The summed E-state index contributed by atoms with van der Waals surface area (Å²) < 4.78 is 0. The van der Waals surface area contributed by atoms with Gasteiger partial charge in [0.05, 0.1) is 5.92 Å². The van der Waals surface area contributed by atoms with E-state index in [9.17, 15) is 4.79 Å². The average molecular weight is 328 g/mol. The number of carbonyl (C=O) groups is 1. The van der Waals surface area contributed by atoms with Crippen LogP contribution in [0.2, 0.25) is 0 Å². The minimum Gasteiger partial charge on any atom is -0.370 e. The predicted octanol–water partition coefficient (Wildman–Crippen LogP) is 2.88. The molecule has 2 aromatic rings. The first-order chi connectivity index (χ1) is 11.3. The molecule has 1 atom stereocenters. The van der Waals surface area contributed by atoms with Crippen LogP contribution in [0.1, 0.15) is 17.0 Å². The lowest BCUT2D eigenvalue weighted by Crippen LogP contribution is -2.32. The summed E-state index contributed by atoms with van der Waals surface area (Å²) >= 11 is 1.97. The van der Waals surface area contributed by atoms with Gasteiger partial charge < -0.3 is 4.90 Å². The monoisotopic (exact) mass is 328 g/mol. The molecule has 0 aliphatic carbocycles. The molecular formula is C18H20N2O2S. The number of amides is 1. The number of hydrogen-bond acceptors (Lipinski definition) is 4. The van der Waals surface area contributed by atoms with E-state index in [0.717, 1.165) is 41.4 Å². The van der Waals surface area contributed by atoms with E-state index in [-0.39, 0.29) is 0 Å². The van der Waals surface area contributed by atoms with E-state index >= 15 is 0 Å². The first kappa shape index (κ1) is 15.9. The quantitative estimate of drug-likeness (QED) is 0.669. The van der Waals surface area contributed by atoms with Gasteiger partial charge in [0.2, 0.25) is 0 Å². The van der Waals surface area contributed by atoms with Crippen LogP contribution >= 0.6 is 11.8 Å². The molecule has 2 N–H and O–H groups in total. The van der Waals surface area contributed by atoms with Crippen molar-refractivity contribution in [1.82, 2.24) is 5.48 Å². The zero-order valence-corrected chi connectivity index (χ0v) is 13.6. The number of benzene rings is 2. The van der Waals surface area contributed by atoms with Gasteiger partial charge in [-0.2, -0.15) is 11.8 Å². The number of carbonyl (C=O) groups excluding carboxylic acids is 1. The molecule has 120 valence electrons. The second kappa shape index (κ2) is 7.53. The maximum Gasteiger partial charge on any atom is 0.255 e. The fourth-order valence-corrected chi connectivity index (χ4v) is 3.83. The highest BCUT2D eigenvalue weighted by Gasteiger charge is 2.23. The normalized spacial score (nSPS) is 16.0. The van der Waals surface area contributed by atoms with Gasteiger partial charge in [0.15, 0.2) is 0 Å². The van der Waals surface area contributed by atoms with E-state index in [2.05, 4.69) is 17.0 Å². The van der Waals surface area contributed by atoms with Gasteiger partial charge in [0.1, 0.15) is 0 Å². The van der Waals surface area contributed by atoms with Gasteiger partial charge in [-0.1, -0.05) is 42.5 Å². The zero-order valence-electron chi connectivity index (χ0n) is 12.8. The number of hydrogen-bond donors (Lipinski definition) is 2. The highest BCUT2D eigenvalue weighted by Crippen LogP contribution is 2.29. The number of anilines is 1. The second-order valence-corrected chi connectivity index (χ2v) is 6.74. The topological polar surface area (TPSA) is 52.6 Å². The Kier molecular flexibility index (Phi) is 5.20. The Bertz CT molecular complexity index is 657. The minimum atomic E-state index is -0.514. The molecule has 0 bridgehead atoms. The third kappa shape index (κ3) is 3.68. The molecular weight excluding hydrogens is 308 g/mol. The molecule has 1 heterocycles. The van der Waals surface area contributed by atoms with Gasteiger partial charge in [0.25, 0.3) is 5.91 Å². The van der Waals surface area contributed by atoms with E-state index in [1.165, 1.54) is 0 Å². The lowest BCUT2D eigenvalue weighted by Gasteiger charge is -2.29. The molecule has 1 aliphatic heterocycles. The Hall–Kier alpha value is -1.98. The van der Waals surface area contributed by atoms with Crippen LogP contribution in [0, 0.1) is 0 Å². The van der Waals surface area contributed by atoms with Crippen LogP contribution in [0.3, 0.4) is 0 Å². The minimum absolute atomic E-state index is 0.414. The average Bonchev–Trinajstić information content (AvgIpc) is 2.64. The lowest BCUT2D eigenvalue weighted by atomic mass is 9.90. The number of thioether (sulfide) groups is 1. The molecule has 2 aromatic carbocycles. The van der Waals surface area contributed by atoms with Crippen molar-refractivity contribution in [3.8, 4) is 0 Å². The van der Waals surface area contributed by atoms with Gasteiger partial charge >= 0.3 is 0 Å². The Balaban J connectivity index is 1.94. The highest BCUT2D eigenvalue weighted by molar-refractivity contribution is 7.99. The van der Waals surface area contributed by atoms with Gasteiger partial charge in [-0.15, -0.1) is 0 Å². The number of nitrogens with zero attached hydrogens (tertiary/aromatic N) is 1. The first-order valence-corrected chi connectivity index (χ1v) is 8.86. The highest BCUT2D eigenvalue weighted by atomic mass is 32.2. The van der Waals surface area contributed by atoms with Crippen molar-refractivity contribution < 1.29 is 10.0 Å². The SMILES string of the molecule is O=C(NO)C(c1ccccc1)c1cccc(N2CCSCC2)c1. The van der Waals surface area contributed by atoms with Crippen molar-refractivity contribution in [2.24, 2.45) is 0 Å². The summed E-state index contributed by atoms with van der Waals surface area (Å²) in [6.45, 7) is 2.05. The fourth-order valence-electron chi connectivity index (χ4n) is 2.93. The Labute approximate surface area is 140 Å². The molecule has 23 heavy (non-hydrogen) atoms. The standard InChI is InChI=1S/C18H20N2O2S/c21-18(19-22)17(14-5-2-1-3-6-14)15-7-4-8-16(13-15)20-9-11-23-12-10-20/h1-8,13,17,22H,9-12H2,(H,19,21). The van der Waals surface area contributed by atoms with Gasteiger partial charge in [-0.25, -0.2) is 5.48 Å². The molecule has 1 amide bonds. The summed E-state index contributed by atoms with van der Waals surface area (Å²) in [4.78, 5) is 14.6. The van der Waals surface area contributed by atoms with Crippen molar-refractivity contribution in [3.05, 3.63) is 65.7 Å². The summed E-state index contributed by atoms with van der Waals surface area (Å²) in [6.07, 6.45) is 0. The summed E-state index contributed by atoms with van der Waals surface area (Å²) in [5.74, 6) is 1.33. The third-order valence-electron chi connectivity index (χ3n) is 4.09. The van der Waals surface area contributed by atoms with E-state index in [1.807, 2.05) is 54.2 Å². The lowest BCUT2D eigenvalue weighted by molar-refractivity contribution is -0.129. The molecule has 3 rings (SSSR count). The Morgan fingerprint density at radius 2 is 1.74 bits per heavy atom. The molecule has 1 unspecified atom stereocenters. The summed E-state index contributed by atoms with van der Waals surface area (Å²) in [6, 6.07) is 17.6. The second-order valence-electron chi connectivity index (χ2n) is 5.51. The van der Waals surface area contributed by atoms with Gasteiger partial charge in [-0.05, 0) is 23.3 Å². The third-order valence-corrected chi connectivity index (χ3v) is 5.03. The van der Waals surface area contributed by atoms with Crippen molar-refractivity contribution in [2.75, 3.05) is 29.5 Å². The Morgan fingerprint density at radius 3 is 2.43 bits per heavy atom. The van der Waals surface area contributed by atoms with Crippen molar-refractivity contribution >= 4 is 23.4 Å². The van der Waals surface area contributed by atoms with E-state index in [1.54, 1.807) is 5.48 Å². The van der Waals surface area contributed by atoms with Crippen LogP contribution in [-0.2, 0) is 4.79 Å². The van der Waals surface area contributed by atoms with E-state index < -0.39 is 11.8 Å². The number of rotatable bonds is 4. The van der Waals surface area contributed by atoms with Crippen LogP contribution in [0.4, 0.5) is 5.69 Å². The van der Waals surface area contributed by atoms with Crippen molar-refractivity contribution in [3.63, 3.8) is 0 Å². The van der Waals surface area contributed by atoms with E-state index in [0.29, 0.717) is 0 Å². The molecule has 0 saturated carbocycles. The molecule has 0 aromatic heterocycles. The van der Waals surface area contributed by atoms with E-state index in [4.69, 9.17) is 5.21 Å². The molecule has 0 radical (unpaired) electrons. The molecule has 1 saturated heterocycles. The molecule has 0 spiro atoms. The molecule has 4 nitrogen and oxygen atoms in total. The van der Waals surface area contributed by atoms with Crippen molar-refractivity contribution in [1.29, 1.82) is 0 Å². The first-order valence-electron chi connectivity index (χ1n) is 7.71. The van der Waals surface area contributed by atoms with Crippen LogP contribution in [0.15, 0.2) is 54.6 Å². The smallest absolute Gasteiger partial charge is 0.255 e. The summed E-state index contributed by atoms with van der Waals surface area (Å²) in [5, 5.41) is 9.13. The number of nitrogens with one attached hydrogen (secondary N) is 1. The van der Waals surface area contributed by atoms with Crippen LogP contribution < -0.4 is 10.4 Å². The molecule has 1 aliphatic rings. The largest absolute Gasteiger partial charge is 0.370 e. The zero-order chi connectivity index (χ0) is 16.1. The Morgan fingerprint density at radius 1 is 1.04 bits per heavy atom. The molecule has 5 heteroatoms. The summed E-state index contributed by atoms with van der Waals surface area (Å²) in [5.41, 5.74) is 4.69. The maximum atomic E-state index is 12.2. The fraction of sp³-hybridized carbons (Fsp3) is 0.278. The summed E-state index contributed by atoms with van der Waals surface area (Å²) in [7, 11) is 0. The molecule has 1 fully saturated rings. The number of hydroxylamine groups is 1. The van der Waals surface area contributed by atoms with Crippen LogP contribution in [-0.4, -0.2) is 35.7 Å². The predicted molar refractivity (Wildman–Crippen MR) is 94.2 cm³/mol.